The fourth-order valence-corrected chi connectivity index (χ4v) is 2.72. The zero-order chi connectivity index (χ0) is 13.6. The quantitative estimate of drug-likeness (QED) is 0.706. The van der Waals surface area contributed by atoms with Crippen LogP contribution in [0.5, 0.6) is 0 Å². The molecule has 2 N–H and O–H groups in total. The Kier molecular flexibility index (Phi) is 6.57. The molecule has 2 atom stereocenters. The summed E-state index contributed by atoms with van der Waals surface area (Å²) in [5.74, 6) is 0. The minimum atomic E-state index is -0.0712. The van der Waals surface area contributed by atoms with Crippen LogP contribution in [0.2, 0.25) is 0 Å². The van der Waals surface area contributed by atoms with Crippen molar-refractivity contribution in [1.82, 2.24) is 15.1 Å². The van der Waals surface area contributed by atoms with Gasteiger partial charge in [0.25, 0.3) is 0 Å². The second-order valence-corrected chi connectivity index (χ2v) is 5.78. The topological polar surface area (TPSA) is 38.7 Å². The van der Waals surface area contributed by atoms with Crippen molar-refractivity contribution in [2.75, 3.05) is 46.9 Å². The van der Waals surface area contributed by atoms with E-state index >= 15 is 0 Å². The lowest BCUT2D eigenvalue weighted by Crippen LogP contribution is -2.51. The normalized spacial score (nSPS) is 26.2. The summed E-state index contributed by atoms with van der Waals surface area (Å²) in [6, 6.07) is 0.664. The summed E-state index contributed by atoms with van der Waals surface area (Å²) in [4.78, 5) is 4.98. The number of aliphatic hydroxyl groups excluding tert-OH is 1. The number of hydrogen-bond donors (Lipinski definition) is 2. The Labute approximate surface area is 112 Å². The van der Waals surface area contributed by atoms with Gasteiger partial charge in [0, 0.05) is 31.2 Å². The van der Waals surface area contributed by atoms with Crippen molar-refractivity contribution in [1.29, 1.82) is 0 Å². The highest BCUT2D eigenvalue weighted by Crippen LogP contribution is 2.17. The first-order valence-corrected chi connectivity index (χ1v) is 7.29. The molecule has 0 bridgehead atoms. The second-order valence-electron chi connectivity index (χ2n) is 5.78. The Morgan fingerprint density at radius 3 is 2.61 bits per heavy atom. The number of likely N-dealkylation sites (N-methyl/N-ethyl adjacent to an activating group) is 2. The van der Waals surface area contributed by atoms with Crippen molar-refractivity contribution in [2.24, 2.45) is 0 Å². The molecule has 0 aliphatic carbocycles. The summed E-state index contributed by atoms with van der Waals surface area (Å²) >= 11 is 0. The van der Waals surface area contributed by atoms with Crippen LogP contribution in [0, 0.1) is 0 Å². The molecule has 4 nitrogen and oxygen atoms in total. The van der Waals surface area contributed by atoms with Crippen LogP contribution in [0.25, 0.3) is 0 Å². The lowest BCUT2D eigenvalue weighted by molar-refractivity contribution is 0.0962. The van der Waals surface area contributed by atoms with E-state index in [2.05, 4.69) is 36.0 Å². The third-order valence-corrected chi connectivity index (χ3v) is 4.68. The van der Waals surface area contributed by atoms with Gasteiger partial charge in [-0.25, -0.2) is 0 Å². The van der Waals surface area contributed by atoms with Crippen LogP contribution in [0.3, 0.4) is 0 Å². The second kappa shape index (κ2) is 7.43. The molecule has 1 aliphatic heterocycles. The molecule has 1 heterocycles. The molecule has 1 fully saturated rings. The van der Waals surface area contributed by atoms with Gasteiger partial charge < -0.3 is 20.2 Å². The van der Waals surface area contributed by atoms with Crippen molar-refractivity contribution in [3.8, 4) is 0 Å². The molecule has 0 amide bonds. The molecular formula is C14H31N3O. The SMILES string of the molecule is CCC(CO)(CCCN1CCN(C)C(C)C1)NC. The maximum atomic E-state index is 9.51. The van der Waals surface area contributed by atoms with Crippen LogP contribution in [0.15, 0.2) is 0 Å². The number of hydrogen-bond acceptors (Lipinski definition) is 4. The molecule has 4 heteroatoms. The maximum absolute atomic E-state index is 9.51. The maximum Gasteiger partial charge on any atom is 0.0613 e. The fraction of sp³-hybridized carbons (Fsp3) is 1.00. The molecule has 1 rings (SSSR count). The summed E-state index contributed by atoms with van der Waals surface area (Å²) in [6.45, 7) is 9.36. The van der Waals surface area contributed by atoms with E-state index in [1.54, 1.807) is 0 Å². The van der Waals surface area contributed by atoms with E-state index in [-0.39, 0.29) is 12.1 Å². The first-order chi connectivity index (χ1) is 8.56. The van der Waals surface area contributed by atoms with Crippen molar-refractivity contribution in [3.63, 3.8) is 0 Å². The van der Waals surface area contributed by atoms with Crippen molar-refractivity contribution < 1.29 is 5.11 Å². The molecule has 0 aromatic carbocycles. The molecule has 108 valence electrons. The van der Waals surface area contributed by atoms with Crippen molar-refractivity contribution >= 4 is 0 Å². The van der Waals surface area contributed by atoms with E-state index in [1.165, 1.54) is 19.6 Å². The number of aliphatic hydroxyl groups is 1. The predicted molar refractivity (Wildman–Crippen MR) is 76.9 cm³/mol. The fourth-order valence-electron chi connectivity index (χ4n) is 2.72. The first-order valence-electron chi connectivity index (χ1n) is 7.29. The van der Waals surface area contributed by atoms with Gasteiger partial charge in [0.15, 0.2) is 0 Å². The highest BCUT2D eigenvalue weighted by atomic mass is 16.3. The zero-order valence-corrected chi connectivity index (χ0v) is 12.6. The van der Waals surface area contributed by atoms with Crippen molar-refractivity contribution in [3.05, 3.63) is 0 Å². The minimum Gasteiger partial charge on any atom is -0.394 e. The third-order valence-electron chi connectivity index (χ3n) is 4.68. The zero-order valence-electron chi connectivity index (χ0n) is 12.6. The highest BCUT2D eigenvalue weighted by Gasteiger charge is 2.25. The molecular weight excluding hydrogens is 226 g/mol. The highest BCUT2D eigenvalue weighted by molar-refractivity contribution is 4.85. The van der Waals surface area contributed by atoms with Crippen LogP contribution in [-0.4, -0.2) is 73.4 Å². The standard InChI is InChI=1S/C14H31N3O/c1-5-14(12-18,15-3)7-6-8-17-10-9-16(4)13(2)11-17/h13,15,18H,5-12H2,1-4H3. The van der Waals surface area contributed by atoms with E-state index in [1.807, 2.05) is 7.05 Å². The first kappa shape index (κ1) is 15.9. The summed E-state index contributed by atoms with van der Waals surface area (Å²) in [5.41, 5.74) is -0.0712. The van der Waals surface area contributed by atoms with Gasteiger partial charge in [0.1, 0.15) is 0 Å². The van der Waals surface area contributed by atoms with Crippen LogP contribution in [0.4, 0.5) is 0 Å². The van der Waals surface area contributed by atoms with Gasteiger partial charge in [-0.2, -0.15) is 0 Å². The smallest absolute Gasteiger partial charge is 0.0613 e. The van der Waals surface area contributed by atoms with E-state index in [4.69, 9.17) is 0 Å². The number of piperazine rings is 1. The Bertz CT molecular complexity index is 223. The molecule has 0 spiro atoms. The van der Waals surface area contributed by atoms with Crippen LogP contribution in [-0.2, 0) is 0 Å². The van der Waals surface area contributed by atoms with E-state index in [0.29, 0.717) is 6.04 Å². The average molecular weight is 257 g/mol. The van der Waals surface area contributed by atoms with Gasteiger partial charge in [-0.3, -0.25) is 0 Å². The van der Waals surface area contributed by atoms with Crippen LogP contribution < -0.4 is 5.32 Å². The Morgan fingerprint density at radius 1 is 1.39 bits per heavy atom. The predicted octanol–water partition coefficient (Wildman–Crippen LogP) is 0.763. The minimum absolute atomic E-state index is 0.0712. The average Bonchev–Trinajstić information content (AvgIpc) is 2.39. The van der Waals surface area contributed by atoms with Gasteiger partial charge in [-0.05, 0) is 46.8 Å². The summed E-state index contributed by atoms with van der Waals surface area (Å²) in [7, 11) is 4.16. The summed E-state index contributed by atoms with van der Waals surface area (Å²) in [5, 5.41) is 12.8. The van der Waals surface area contributed by atoms with E-state index in [9.17, 15) is 5.11 Å². The van der Waals surface area contributed by atoms with E-state index < -0.39 is 0 Å². The van der Waals surface area contributed by atoms with Gasteiger partial charge in [-0.15, -0.1) is 0 Å². The van der Waals surface area contributed by atoms with Gasteiger partial charge in [0.05, 0.1) is 6.61 Å². The molecule has 1 saturated heterocycles. The molecule has 0 aromatic heterocycles. The molecule has 0 aromatic rings. The van der Waals surface area contributed by atoms with Crippen LogP contribution in [0.1, 0.15) is 33.1 Å². The van der Waals surface area contributed by atoms with Crippen molar-refractivity contribution in [2.45, 2.75) is 44.7 Å². The summed E-state index contributed by atoms with van der Waals surface area (Å²) in [6.07, 6.45) is 3.20. The van der Waals surface area contributed by atoms with Gasteiger partial charge >= 0.3 is 0 Å². The third kappa shape index (κ3) is 4.19. The van der Waals surface area contributed by atoms with Gasteiger partial charge in [0.2, 0.25) is 0 Å². The molecule has 0 radical (unpaired) electrons. The molecule has 1 aliphatic rings. The lowest BCUT2D eigenvalue weighted by Gasteiger charge is -2.38. The Balaban J connectivity index is 2.29. The largest absolute Gasteiger partial charge is 0.394 e. The Hall–Kier alpha value is -0.160. The monoisotopic (exact) mass is 257 g/mol. The van der Waals surface area contributed by atoms with Crippen LogP contribution >= 0.6 is 0 Å². The number of rotatable bonds is 7. The van der Waals surface area contributed by atoms with E-state index in [0.717, 1.165) is 25.8 Å². The molecule has 0 saturated carbocycles. The molecule has 18 heavy (non-hydrogen) atoms. The summed E-state index contributed by atoms with van der Waals surface area (Å²) < 4.78 is 0. The van der Waals surface area contributed by atoms with Gasteiger partial charge in [-0.1, -0.05) is 6.92 Å². The lowest BCUT2D eigenvalue weighted by atomic mass is 9.91. The number of nitrogens with one attached hydrogen (secondary N) is 1. The molecule has 2 unspecified atom stereocenters. The number of nitrogens with zero attached hydrogens (tertiary/aromatic N) is 2. The Morgan fingerprint density at radius 2 is 2.11 bits per heavy atom.